The van der Waals surface area contributed by atoms with Crippen molar-refractivity contribution < 1.29 is 4.79 Å². The van der Waals surface area contributed by atoms with Crippen molar-refractivity contribution in [3.8, 4) is 0 Å². The second-order valence-corrected chi connectivity index (χ2v) is 5.68. The average Bonchev–Trinajstić information content (AvgIpc) is 2.76. The minimum Gasteiger partial charge on any atom is -0.354 e. The summed E-state index contributed by atoms with van der Waals surface area (Å²) in [5, 5.41) is 3.01. The highest BCUT2D eigenvalue weighted by molar-refractivity contribution is 5.89. The predicted octanol–water partition coefficient (Wildman–Crippen LogP) is 0.693. The lowest BCUT2D eigenvalue weighted by Gasteiger charge is -2.46. The van der Waals surface area contributed by atoms with Gasteiger partial charge >= 0.3 is 0 Å². The van der Waals surface area contributed by atoms with E-state index in [-0.39, 0.29) is 11.4 Å². The lowest BCUT2D eigenvalue weighted by molar-refractivity contribution is -0.134. The first kappa shape index (κ1) is 12.6. The van der Waals surface area contributed by atoms with E-state index in [4.69, 9.17) is 0 Å². The molecule has 2 heterocycles. The smallest absolute Gasteiger partial charge is 0.241 e. The summed E-state index contributed by atoms with van der Waals surface area (Å²) in [6.45, 7) is 4.49. The number of hydrogen-bond donors (Lipinski definition) is 1. The van der Waals surface area contributed by atoms with Crippen LogP contribution in [0.5, 0.6) is 0 Å². The summed E-state index contributed by atoms with van der Waals surface area (Å²) in [5.74, 6) is 0.204. The molecule has 0 bridgehead atoms. The summed E-state index contributed by atoms with van der Waals surface area (Å²) in [6.07, 6.45) is 0.920. The molecule has 1 aromatic rings. The minimum atomic E-state index is -0.317. The molecule has 1 atom stereocenters. The summed E-state index contributed by atoms with van der Waals surface area (Å²) in [7, 11) is 2.10. The molecule has 1 spiro atoms. The Morgan fingerprint density at radius 2 is 2.05 bits per heavy atom. The van der Waals surface area contributed by atoms with Gasteiger partial charge in [-0.3, -0.25) is 9.69 Å². The molecule has 1 unspecified atom stereocenters. The summed E-state index contributed by atoms with van der Waals surface area (Å²) in [6, 6.07) is 10.4. The van der Waals surface area contributed by atoms with Crippen LogP contribution in [-0.4, -0.2) is 54.5 Å². The van der Waals surface area contributed by atoms with Crippen molar-refractivity contribution in [1.29, 1.82) is 0 Å². The number of hydrogen-bond acceptors (Lipinski definition) is 3. The lowest BCUT2D eigenvalue weighted by atomic mass is 9.91. The molecular formula is C15H21N3O. The van der Waals surface area contributed by atoms with Gasteiger partial charge in [0.05, 0.1) is 0 Å². The van der Waals surface area contributed by atoms with Crippen molar-refractivity contribution in [1.82, 2.24) is 15.1 Å². The van der Waals surface area contributed by atoms with Gasteiger partial charge in [0.1, 0.15) is 5.54 Å². The maximum atomic E-state index is 12.3. The first-order valence-electron chi connectivity index (χ1n) is 6.96. The zero-order chi connectivity index (χ0) is 13.3. The number of carbonyl (C=O) groups excluding carboxylic acids is 1. The van der Waals surface area contributed by atoms with Gasteiger partial charge in [0, 0.05) is 32.7 Å². The summed E-state index contributed by atoms with van der Waals surface area (Å²) in [5.41, 5.74) is 0.967. The molecule has 1 aromatic carbocycles. The van der Waals surface area contributed by atoms with Crippen molar-refractivity contribution in [2.75, 3.05) is 33.2 Å². The van der Waals surface area contributed by atoms with E-state index in [1.165, 1.54) is 5.56 Å². The van der Waals surface area contributed by atoms with Gasteiger partial charge in [-0.25, -0.2) is 0 Å². The summed E-state index contributed by atoms with van der Waals surface area (Å²) >= 11 is 0. The molecule has 3 rings (SSSR count). The fourth-order valence-electron chi connectivity index (χ4n) is 3.28. The summed E-state index contributed by atoms with van der Waals surface area (Å²) < 4.78 is 0. The molecule has 0 radical (unpaired) electrons. The molecule has 2 aliphatic rings. The van der Waals surface area contributed by atoms with E-state index in [2.05, 4.69) is 46.4 Å². The Bertz CT molecular complexity index is 462. The van der Waals surface area contributed by atoms with E-state index in [0.29, 0.717) is 0 Å². The molecule has 102 valence electrons. The summed E-state index contributed by atoms with van der Waals surface area (Å²) in [4.78, 5) is 17.0. The topological polar surface area (TPSA) is 35.6 Å². The van der Waals surface area contributed by atoms with E-state index >= 15 is 0 Å². The number of carbonyl (C=O) groups is 1. The van der Waals surface area contributed by atoms with Gasteiger partial charge in [0.15, 0.2) is 0 Å². The monoisotopic (exact) mass is 259 g/mol. The molecule has 19 heavy (non-hydrogen) atoms. The number of rotatable bonds is 2. The van der Waals surface area contributed by atoms with Crippen molar-refractivity contribution in [2.24, 2.45) is 0 Å². The third-order valence-corrected chi connectivity index (χ3v) is 4.35. The van der Waals surface area contributed by atoms with Crippen LogP contribution in [0.25, 0.3) is 0 Å². The van der Waals surface area contributed by atoms with Crippen LogP contribution in [0.2, 0.25) is 0 Å². The van der Waals surface area contributed by atoms with Crippen molar-refractivity contribution in [3.05, 3.63) is 35.9 Å². The van der Waals surface area contributed by atoms with Crippen LogP contribution in [0, 0.1) is 0 Å². The Morgan fingerprint density at radius 1 is 1.26 bits per heavy atom. The average molecular weight is 259 g/mol. The third kappa shape index (κ3) is 2.26. The van der Waals surface area contributed by atoms with Gasteiger partial charge in [-0.1, -0.05) is 30.3 Å². The van der Waals surface area contributed by atoms with E-state index in [0.717, 1.165) is 39.1 Å². The van der Waals surface area contributed by atoms with Gasteiger partial charge in [-0.2, -0.15) is 0 Å². The van der Waals surface area contributed by atoms with E-state index in [9.17, 15) is 4.79 Å². The lowest BCUT2D eigenvalue weighted by Crippen LogP contribution is -2.64. The Kier molecular flexibility index (Phi) is 3.29. The molecule has 2 fully saturated rings. The maximum absolute atomic E-state index is 12.3. The highest BCUT2D eigenvalue weighted by Gasteiger charge is 2.49. The predicted molar refractivity (Wildman–Crippen MR) is 74.7 cm³/mol. The molecular weight excluding hydrogens is 238 g/mol. The zero-order valence-electron chi connectivity index (χ0n) is 11.4. The molecule has 1 amide bonds. The van der Waals surface area contributed by atoms with Crippen LogP contribution >= 0.6 is 0 Å². The van der Waals surface area contributed by atoms with Crippen LogP contribution < -0.4 is 5.32 Å². The second kappa shape index (κ2) is 4.94. The number of likely N-dealkylation sites (N-methyl/N-ethyl adjacent to an activating group) is 1. The van der Waals surface area contributed by atoms with Gasteiger partial charge in [0.2, 0.25) is 5.91 Å². The fourth-order valence-corrected chi connectivity index (χ4v) is 3.28. The van der Waals surface area contributed by atoms with Crippen LogP contribution in [0.4, 0.5) is 0 Å². The van der Waals surface area contributed by atoms with Crippen molar-refractivity contribution in [3.63, 3.8) is 0 Å². The van der Waals surface area contributed by atoms with Gasteiger partial charge in [0.25, 0.3) is 0 Å². The number of amides is 1. The maximum Gasteiger partial charge on any atom is 0.241 e. The molecule has 2 saturated heterocycles. The third-order valence-electron chi connectivity index (χ3n) is 4.35. The van der Waals surface area contributed by atoms with Crippen LogP contribution in [0.3, 0.4) is 0 Å². The van der Waals surface area contributed by atoms with Crippen LogP contribution in [0.15, 0.2) is 30.3 Å². The van der Waals surface area contributed by atoms with E-state index in [1.807, 2.05) is 6.07 Å². The molecule has 1 N–H and O–H groups in total. The molecule has 0 saturated carbocycles. The number of benzene rings is 1. The normalized spacial score (nSPS) is 28.8. The van der Waals surface area contributed by atoms with E-state index < -0.39 is 0 Å². The molecule has 0 aromatic heterocycles. The fraction of sp³-hybridized carbons (Fsp3) is 0.533. The Labute approximate surface area is 114 Å². The van der Waals surface area contributed by atoms with E-state index in [1.54, 1.807) is 0 Å². The second-order valence-electron chi connectivity index (χ2n) is 5.68. The van der Waals surface area contributed by atoms with Crippen LogP contribution in [-0.2, 0) is 11.3 Å². The van der Waals surface area contributed by atoms with Crippen molar-refractivity contribution in [2.45, 2.75) is 18.5 Å². The quantitative estimate of drug-likeness (QED) is 0.849. The van der Waals surface area contributed by atoms with Crippen LogP contribution in [0.1, 0.15) is 12.0 Å². The van der Waals surface area contributed by atoms with Crippen molar-refractivity contribution >= 4 is 5.91 Å². The first-order valence-corrected chi connectivity index (χ1v) is 6.96. The van der Waals surface area contributed by atoms with Gasteiger partial charge in [-0.15, -0.1) is 0 Å². The largest absolute Gasteiger partial charge is 0.354 e. The van der Waals surface area contributed by atoms with Gasteiger partial charge < -0.3 is 10.2 Å². The SMILES string of the molecule is CN1CCN(Cc2ccccc2)C2(CCNC2=O)C1. The number of piperazine rings is 1. The minimum absolute atomic E-state index is 0.204. The molecule has 0 aliphatic carbocycles. The first-order chi connectivity index (χ1) is 9.21. The molecule has 4 nitrogen and oxygen atoms in total. The Balaban J connectivity index is 1.84. The Hall–Kier alpha value is -1.39. The zero-order valence-corrected chi connectivity index (χ0v) is 11.4. The molecule has 2 aliphatic heterocycles. The standard InChI is InChI=1S/C15H21N3O/c1-17-9-10-18(11-13-5-3-2-4-6-13)15(12-17)7-8-16-14(15)19/h2-6H,7-12H2,1H3,(H,16,19). The highest BCUT2D eigenvalue weighted by Crippen LogP contribution is 2.30. The molecule has 4 heteroatoms. The highest BCUT2D eigenvalue weighted by atomic mass is 16.2. The van der Waals surface area contributed by atoms with Gasteiger partial charge in [-0.05, 0) is 19.0 Å². The Morgan fingerprint density at radius 3 is 2.74 bits per heavy atom. The number of nitrogens with one attached hydrogen (secondary N) is 1. The number of nitrogens with zero attached hydrogens (tertiary/aromatic N) is 2.